The Morgan fingerprint density at radius 1 is 1.37 bits per heavy atom. The number of nitrogens with zero attached hydrogens (tertiary/aromatic N) is 1. The maximum atomic E-state index is 5.75. The molecule has 1 saturated heterocycles. The van der Waals surface area contributed by atoms with Crippen LogP contribution in [0.2, 0.25) is 0 Å². The van der Waals surface area contributed by atoms with E-state index in [1.54, 1.807) is 0 Å². The second kappa shape index (κ2) is 9.70. The number of nitrogens with one attached hydrogen (secondary N) is 1. The molecule has 1 atom stereocenters. The Morgan fingerprint density at radius 3 is 2.84 bits per heavy atom. The summed E-state index contributed by atoms with van der Waals surface area (Å²) in [6.07, 6.45) is 1.33. The first kappa shape index (κ1) is 16.9. The predicted octanol–water partition coefficient (Wildman–Crippen LogP) is 1.99. The van der Waals surface area contributed by atoms with Crippen molar-refractivity contribution in [2.24, 2.45) is 5.92 Å². The normalized spacial score (nSPS) is 21.5. The van der Waals surface area contributed by atoms with Gasteiger partial charge in [-0.15, -0.1) is 0 Å². The molecule has 1 aliphatic heterocycles. The third kappa shape index (κ3) is 8.58. The van der Waals surface area contributed by atoms with Crippen LogP contribution in [-0.4, -0.2) is 63.0 Å². The molecule has 0 radical (unpaired) electrons. The molecule has 0 amide bonds. The summed E-state index contributed by atoms with van der Waals surface area (Å²) in [5.74, 6) is 0.724. The molecule has 4 heteroatoms. The number of ether oxygens (including phenoxy) is 2. The van der Waals surface area contributed by atoms with Gasteiger partial charge in [0.05, 0.1) is 19.3 Å². The Hall–Kier alpha value is -0.160. The lowest BCUT2D eigenvalue weighted by Crippen LogP contribution is -2.45. The number of rotatable bonds is 9. The van der Waals surface area contributed by atoms with E-state index in [-0.39, 0.29) is 7.53 Å². The van der Waals surface area contributed by atoms with E-state index in [9.17, 15) is 0 Å². The van der Waals surface area contributed by atoms with Crippen LogP contribution in [0.3, 0.4) is 0 Å². The van der Waals surface area contributed by atoms with Crippen LogP contribution in [0.1, 0.15) is 35.5 Å². The van der Waals surface area contributed by atoms with Crippen LogP contribution in [0.25, 0.3) is 0 Å². The number of hydrogen-bond acceptors (Lipinski definition) is 4. The van der Waals surface area contributed by atoms with Crippen molar-refractivity contribution in [3.63, 3.8) is 0 Å². The van der Waals surface area contributed by atoms with Crippen molar-refractivity contribution < 1.29 is 10.9 Å². The lowest BCUT2D eigenvalue weighted by molar-refractivity contribution is -0.0712. The van der Waals surface area contributed by atoms with Crippen molar-refractivity contribution in [2.75, 3.05) is 46.0 Å². The zero-order valence-electron chi connectivity index (χ0n) is 13.2. The van der Waals surface area contributed by atoms with E-state index >= 15 is 0 Å². The van der Waals surface area contributed by atoms with E-state index in [1.165, 1.54) is 0 Å². The minimum absolute atomic E-state index is 0. The van der Waals surface area contributed by atoms with Crippen LogP contribution >= 0.6 is 0 Å². The molecule has 116 valence electrons. The van der Waals surface area contributed by atoms with Crippen LogP contribution in [0.5, 0.6) is 0 Å². The van der Waals surface area contributed by atoms with Gasteiger partial charge < -0.3 is 14.8 Å². The van der Waals surface area contributed by atoms with Gasteiger partial charge in [-0.25, -0.2) is 0 Å². The lowest BCUT2D eigenvalue weighted by Gasteiger charge is -2.33. The highest BCUT2D eigenvalue weighted by Crippen LogP contribution is 2.08. The number of morpholine rings is 1. The molecule has 1 aliphatic rings. The SMILES string of the molecule is CC(C)CN1CCO[C@H](COCCCNC(C)C)C1.[HH]. The Labute approximate surface area is 120 Å². The molecule has 0 aromatic heterocycles. The summed E-state index contributed by atoms with van der Waals surface area (Å²) in [7, 11) is 0. The monoisotopic (exact) mass is 274 g/mol. The largest absolute Gasteiger partial charge is 0.379 e. The van der Waals surface area contributed by atoms with Crippen molar-refractivity contribution in [3.8, 4) is 0 Å². The summed E-state index contributed by atoms with van der Waals surface area (Å²) in [5, 5.41) is 3.39. The smallest absolute Gasteiger partial charge is 0.0935 e. The molecule has 0 bridgehead atoms. The topological polar surface area (TPSA) is 33.7 Å². The first-order valence-electron chi connectivity index (χ1n) is 7.73. The van der Waals surface area contributed by atoms with Crippen LogP contribution < -0.4 is 5.32 Å². The van der Waals surface area contributed by atoms with Crippen LogP contribution in [0, 0.1) is 5.92 Å². The van der Waals surface area contributed by atoms with Crippen molar-refractivity contribution in [2.45, 2.75) is 46.3 Å². The Kier molecular flexibility index (Phi) is 8.62. The fourth-order valence-electron chi connectivity index (χ4n) is 2.34. The summed E-state index contributed by atoms with van der Waals surface area (Å²) in [6.45, 7) is 15.5. The highest BCUT2D eigenvalue weighted by atomic mass is 16.5. The second-order valence-electron chi connectivity index (χ2n) is 6.18. The minimum Gasteiger partial charge on any atom is -0.379 e. The first-order valence-corrected chi connectivity index (χ1v) is 7.73. The quantitative estimate of drug-likeness (QED) is 0.652. The molecule has 1 rings (SSSR count). The van der Waals surface area contributed by atoms with Gasteiger partial charge in [-0.3, -0.25) is 4.90 Å². The van der Waals surface area contributed by atoms with Gasteiger partial charge in [-0.2, -0.15) is 0 Å². The van der Waals surface area contributed by atoms with Gasteiger partial charge in [0.25, 0.3) is 0 Å². The third-order valence-electron chi connectivity index (χ3n) is 3.17. The maximum Gasteiger partial charge on any atom is 0.0935 e. The van der Waals surface area contributed by atoms with Crippen LogP contribution in [0.4, 0.5) is 0 Å². The van der Waals surface area contributed by atoms with Gasteiger partial charge in [0, 0.05) is 33.7 Å². The van der Waals surface area contributed by atoms with Gasteiger partial charge in [-0.1, -0.05) is 27.7 Å². The highest BCUT2D eigenvalue weighted by Gasteiger charge is 2.20. The Morgan fingerprint density at radius 2 is 2.16 bits per heavy atom. The highest BCUT2D eigenvalue weighted by molar-refractivity contribution is 4.72. The van der Waals surface area contributed by atoms with Crippen molar-refractivity contribution in [1.29, 1.82) is 0 Å². The van der Waals surface area contributed by atoms with Crippen molar-refractivity contribution in [3.05, 3.63) is 0 Å². The summed E-state index contributed by atoms with van der Waals surface area (Å²) in [5.41, 5.74) is 0. The van der Waals surface area contributed by atoms with E-state index in [2.05, 4.69) is 37.9 Å². The second-order valence-corrected chi connectivity index (χ2v) is 6.18. The van der Waals surface area contributed by atoms with Gasteiger partial charge in [0.2, 0.25) is 0 Å². The molecule has 1 heterocycles. The summed E-state index contributed by atoms with van der Waals surface area (Å²) in [4.78, 5) is 2.49. The van der Waals surface area contributed by atoms with Gasteiger partial charge in [-0.05, 0) is 18.9 Å². The Bertz CT molecular complexity index is 228. The van der Waals surface area contributed by atoms with E-state index in [1.807, 2.05) is 0 Å². The average Bonchev–Trinajstić information content (AvgIpc) is 2.33. The minimum atomic E-state index is 0. The molecular formula is C15H34N2O2. The zero-order valence-corrected chi connectivity index (χ0v) is 13.2. The van der Waals surface area contributed by atoms with Crippen molar-refractivity contribution >= 4 is 0 Å². The maximum absolute atomic E-state index is 5.75. The zero-order chi connectivity index (χ0) is 14.1. The standard InChI is InChI=1S/C15H32N2O2.H2/c1-13(2)10-17-7-9-19-15(11-17)12-18-8-5-6-16-14(3)4;/h13-16H,5-12H2,1-4H3;1H/t15-;/m0./s1. The molecule has 4 nitrogen and oxygen atoms in total. The summed E-state index contributed by atoms with van der Waals surface area (Å²) >= 11 is 0. The van der Waals surface area contributed by atoms with E-state index in [0.717, 1.165) is 58.3 Å². The van der Waals surface area contributed by atoms with Crippen molar-refractivity contribution in [1.82, 2.24) is 10.2 Å². The van der Waals surface area contributed by atoms with Crippen LogP contribution in [-0.2, 0) is 9.47 Å². The molecule has 0 unspecified atom stereocenters. The lowest BCUT2D eigenvalue weighted by atomic mass is 10.2. The Balaban J connectivity index is 0.00000361. The number of hydrogen-bond donors (Lipinski definition) is 1. The average molecular weight is 274 g/mol. The molecule has 1 N–H and O–H groups in total. The molecule has 0 aromatic carbocycles. The van der Waals surface area contributed by atoms with Gasteiger partial charge in [0.1, 0.15) is 0 Å². The summed E-state index contributed by atoms with van der Waals surface area (Å²) < 4.78 is 11.5. The van der Waals surface area contributed by atoms with Gasteiger partial charge in [0.15, 0.2) is 0 Å². The van der Waals surface area contributed by atoms with E-state index < -0.39 is 0 Å². The summed E-state index contributed by atoms with van der Waals surface area (Å²) in [6, 6.07) is 0.561. The molecule has 0 spiro atoms. The predicted molar refractivity (Wildman–Crippen MR) is 81.7 cm³/mol. The molecule has 1 fully saturated rings. The van der Waals surface area contributed by atoms with E-state index in [0.29, 0.717) is 6.04 Å². The van der Waals surface area contributed by atoms with E-state index in [4.69, 9.17) is 9.47 Å². The molecule has 0 saturated carbocycles. The molecule has 19 heavy (non-hydrogen) atoms. The van der Waals surface area contributed by atoms with Gasteiger partial charge >= 0.3 is 0 Å². The molecular weight excluding hydrogens is 240 g/mol. The third-order valence-corrected chi connectivity index (χ3v) is 3.17. The fraction of sp³-hybridized carbons (Fsp3) is 1.00. The first-order chi connectivity index (χ1) is 9.08. The molecule has 0 aliphatic carbocycles. The van der Waals surface area contributed by atoms with Crippen LogP contribution in [0.15, 0.2) is 0 Å². The fourth-order valence-corrected chi connectivity index (χ4v) is 2.34. The molecule has 0 aromatic rings.